The standard InChI is InChI=1S/C3H3F3O3S/c1-10(8)9-2(7)3(4,5)6/h1H3. The van der Waals surface area contributed by atoms with Crippen molar-refractivity contribution in [1.29, 1.82) is 0 Å². The van der Waals surface area contributed by atoms with E-state index in [1.54, 1.807) is 0 Å². The second-order valence-corrected chi connectivity index (χ2v) is 2.24. The molecule has 0 aliphatic carbocycles. The summed E-state index contributed by atoms with van der Waals surface area (Å²) in [5.74, 6) is -2.44. The zero-order chi connectivity index (χ0) is 8.36. The van der Waals surface area contributed by atoms with Crippen molar-refractivity contribution in [3.05, 3.63) is 0 Å². The third-order valence-electron chi connectivity index (χ3n) is 0.424. The van der Waals surface area contributed by atoms with Crippen molar-refractivity contribution >= 4 is 17.0 Å². The molecule has 0 saturated carbocycles. The van der Waals surface area contributed by atoms with Gasteiger partial charge in [-0.2, -0.15) is 13.2 Å². The molecule has 0 aliphatic rings. The lowest BCUT2D eigenvalue weighted by Crippen LogP contribution is -2.25. The van der Waals surface area contributed by atoms with Crippen molar-refractivity contribution in [3.63, 3.8) is 0 Å². The normalized spacial score (nSPS) is 14.4. The lowest BCUT2D eigenvalue weighted by Gasteiger charge is -2.01. The lowest BCUT2D eigenvalue weighted by molar-refractivity contribution is -0.188. The van der Waals surface area contributed by atoms with Crippen molar-refractivity contribution < 1.29 is 26.4 Å². The molecule has 0 N–H and O–H groups in total. The minimum atomic E-state index is -5.06. The monoisotopic (exact) mass is 176 g/mol. The zero-order valence-corrected chi connectivity index (χ0v) is 5.58. The van der Waals surface area contributed by atoms with Crippen LogP contribution in [0.15, 0.2) is 0 Å². The fourth-order valence-corrected chi connectivity index (χ4v) is 0.461. The fraction of sp³-hybridized carbons (Fsp3) is 0.667. The molecular weight excluding hydrogens is 173 g/mol. The minimum absolute atomic E-state index is 0.823. The topological polar surface area (TPSA) is 43.4 Å². The summed E-state index contributed by atoms with van der Waals surface area (Å²) in [5, 5.41) is 0. The maximum atomic E-state index is 11.2. The van der Waals surface area contributed by atoms with Gasteiger partial charge in [-0.15, -0.1) is 0 Å². The molecule has 0 amide bonds. The van der Waals surface area contributed by atoms with Gasteiger partial charge in [-0.05, 0) is 0 Å². The number of alkyl halides is 3. The van der Waals surface area contributed by atoms with Gasteiger partial charge in [-0.25, -0.2) is 9.00 Å². The van der Waals surface area contributed by atoms with E-state index >= 15 is 0 Å². The van der Waals surface area contributed by atoms with E-state index < -0.39 is 23.2 Å². The Bertz CT molecular complexity index is 163. The molecule has 1 unspecified atom stereocenters. The zero-order valence-electron chi connectivity index (χ0n) is 4.77. The summed E-state index contributed by atoms with van der Waals surface area (Å²) in [6, 6.07) is 0. The molecule has 0 saturated heterocycles. The summed E-state index contributed by atoms with van der Waals surface area (Å²) < 4.78 is 46.8. The largest absolute Gasteiger partial charge is 0.492 e. The Balaban J connectivity index is 3.99. The summed E-state index contributed by atoms with van der Waals surface area (Å²) >= 11 is -2.21. The first kappa shape index (κ1) is 9.41. The number of rotatable bonds is 1. The van der Waals surface area contributed by atoms with E-state index in [1.165, 1.54) is 0 Å². The van der Waals surface area contributed by atoms with Gasteiger partial charge in [0.1, 0.15) is 0 Å². The second kappa shape index (κ2) is 3.00. The fourth-order valence-electron chi connectivity index (χ4n) is 0.154. The first-order valence-electron chi connectivity index (χ1n) is 1.97. The highest BCUT2D eigenvalue weighted by Gasteiger charge is 2.41. The van der Waals surface area contributed by atoms with Gasteiger partial charge in [0.15, 0.2) is 0 Å². The molecule has 0 bridgehead atoms. The van der Waals surface area contributed by atoms with E-state index in [0.29, 0.717) is 0 Å². The van der Waals surface area contributed by atoms with Crippen LogP contribution in [-0.4, -0.2) is 22.6 Å². The van der Waals surface area contributed by atoms with E-state index in [2.05, 4.69) is 4.18 Å². The average molecular weight is 176 g/mol. The van der Waals surface area contributed by atoms with Gasteiger partial charge in [-0.3, -0.25) is 0 Å². The third-order valence-corrected chi connectivity index (χ3v) is 0.811. The Morgan fingerprint density at radius 3 is 2.00 bits per heavy atom. The summed E-state index contributed by atoms with van der Waals surface area (Å²) in [4.78, 5) is 9.73. The Labute approximate surface area is 56.8 Å². The van der Waals surface area contributed by atoms with Crippen LogP contribution in [0.4, 0.5) is 13.2 Å². The highest BCUT2D eigenvalue weighted by atomic mass is 32.2. The van der Waals surface area contributed by atoms with Gasteiger partial charge in [0.05, 0.1) is 0 Å². The first-order valence-corrected chi connectivity index (χ1v) is 3.45. The molecular formula is C3H3F3O3S. The molecule has 0 fully saturated rings. The summed E-state index contributed by atoms with van der Waals surface area (Å²) in [5.41, 5.74) is 0. The Kier molecular flexibility index (Phi) is 2.82. The number of carbonyl (C=O) groups is 1. The molecule has 0 spiro atoms. The van der Waals surface area contributed by atoms with Crippen molar-refractivity contribution in [2.75, 3.05) is 6.26 Å². The predicted molar refractivity (Wildman–Crippen MR) is 26.2 cm³/mol. The SMILES string of the molecule is CS(=O)OC(=O)C(F)(F)F. The Morgan fingerprint density at radius 1 is 1.50 bits per heavy atom. The predicted octanol–water partition coefficient (Wildman–Crippen LogP) is 0.385. The van der Waals surface area contributed by atoms with E-state index in [0.717, 1.165) is 6.26 Å². The molecule has 0 heterocycles. The molecule has 10 heavy (non-hydrogen) atoms. The molecule has 0 aliphatic heterocycles. The van der Waals surface area contributed by atoms with Crippen LogP contribution < -0.4 is 0 Å². The van der Waals surface area contributed by atoms with Crippen molar-refractivity contribution in [2.24, 2.45) is 0 Å². The van der Waals surface area contributed by atoms with E-state index in [1.807, 2.05) is 0 Å². The molecule has 3 nitrogen and oxygen atoms in total. The number of hydrogen-bond donors (Lipinski definition) is 0. The van der Waals surface area contributed by atoms with Crippen molar-refractivity contribution in [1.82, 2.24) is 0 Å². The first-order chi connectivity index (χ1) is 4.34. The van der Waals surface area contributed by atoms with Crippen LogP contribution in [0.5, 0.6) is 0 Å². The summed E-state index contributed by atoms with van der Waals surface area (Å²) in [6.07, 6.45) is -4.24. The second-order valence-electron chi connectivity index (χ2n) is 1.27. The van der Waals surface area contributed by atoms with Crippen LogP contribution in [0.25, 0.3) is 0 Å². The van der Waals surface area contributed by atoms with Crippen LogP contribution in [0.2, 0.25) is 0 Å². The van der Waals surface area contributed by atoms with E-state index in [-0.39, 0.29) is 0 Å². The van der Waals surface area contributed by atoms with Gasteiger partial charge < -0.3 is 4.18 Å². The summed E-state index contributed by atoms with van der Waals surface area (Å²) in [6.45, 7) is 0. The van der Waals surface area contributed by atoms with Gasteiger partial charge >= 0.3 is 12.1 Å². The third kappa shape index (κ3) is 3.44. The lowest BCUT2D eigenvalue weighted by atomic mass is 10.7. The average Bonchev–Trinajstić information content (AvgIpc) is 1.60. The van der Waals surface area contributed by atoms with Crippen LogP contribution in [-0.2, 0) is 20.1 Å². The van der Waals surface area contributed by atoms with Gasteiger partial charge in [-0.1, -0.05) is 0 Å². The Morgan fingerprint density at radius 2 is 1.90 bits per heavy atom. The van der Waals surface area contributed by atoms with Gasteiger partial charge in [0, 0.05) is 6.26 Å². The maximum absolute atomic E-state index is 11.2. The molecule has 0 aromatic heterocycles. The number of carbonyl (C=O) groups excluding carboxylic acids is 1. The Hall–Kier alpha value is -0.590. The van der Waals surface area contributed by atoms with Crippen molar-refractivity contribution in [2.45, 2.75) is 6.18 Å². The van der Waals surface area contributed by atoms with Gasteiger partial charge in [0.2, 0.25) is 11.1 Å². The highest BCUT2D eigenvalue weighted by Crippen LogP contribution is 2.16. The van der Waals surface area contributed by atoms with Crippen LogP contribution in [0.3, 0.4) is 0 Å². The van der Waals surface area contributed by atoms with Crippen LogP contribution in [0.1, 0.15) is 0 Å². The van der Waals surface area contributed by atoms with E-state index in [9.17, 15) is 22.2 Å². The number of halogens is 3. The van der Waals surface area contributed by atoms with Gasteiger partial charge in [0.25, 0.3) is 0 Å². The molecule has 0 rings (SSSR count). The molecule has 0 radical (unpaired) electrons. The molecule has 7 heteroatoms. The molecule has 0 aromatic carbocycles. The molecule has 60 valence electrons. The maximum Gasteiger partial charge on any atom is 0.492 e. The quantitative estimate of drug-likeness (QED) is 0.580. The van der Waals surface area contributed by atoms with Crippen molar-refractivity contribution in [3.8, 4) is 0 Å². The molecule has 0 aromatic rings. The highest BCUT2D eigenvalue weighted by molar-refractivity contribution is 7.79. The van der Waals surface area contributed by atoms with Crippen LogP contribution >= 0.6 is 0 Å². The summed E-state index contributed by atoms with van der Waals surface area (Å²) in [7, 11) is 0. The van der Waals surface area contributed by atoms with E-state index in [4.69, 9.17) is 0 Å². The molecule has 1 atom stereocenters. The van der Waals surface area contributed by atoms with Crippen LogP contribution in [0, 0.1) is 0 Å². The minimum Gasteiger partial charge on any atom is -0.357 e. The smallest absolute Gasteiger partial charge is 0.357 e. The number of hydrogen-bond acceptors (Lipinski definition) is 3.